The molecule has 2 saturated heterocycles. The second-order valence-corrected chi connectivity index (χ2v) is 6.37. The highest BCUT2D eigenvalue weighted by atomic mass is 35.5. The summed E-state index contributed by atoms with van der Waals surface area (Å²) < 4.78 is 0. The van der Waals surface area contributed by atoms with Gasteiger partial charge in [0, 0.05) is 30.7 Å². The summed E-state index contributed by atoms with van der Waals surface area (Å²) in [6.45, 7) is 4.99. The molecule has 0 spiro atoms. The van der Waals surface area contributed by atoms with Gasteiger partial charge in [-0.05, 0) is 38.4 Å². The van der Waals surface area contributed by atoms with Crippen LogP contribution in [0.4, 0.5) is 0 Å². The van der Waals surface area contributed by atoms with Gasteiger partial charge in [0.05, 0.1) is 0 Å². The number of rotatable bonds is 1. The topological polar surface area (TPSA) is 36.4 Å². The molecule has 0 radical (unpaired) electrons. The Morgan fingerprint density at radius 2 is 2.00 bits per heavy atom. The Kier molecular flexibility index (Phi) is 3.89. The van der Waals surface area contributed by atoms with Crippen LogP contribution in [0.25, 0.3) is 0 Å². The molecular weight excluding hydrogens is 297 g/mol. The number of nitrogens with zero attached hydrogens (tertiary/aromatic N) is 3. The first kappa shape index (κ1) is 14.1. The minimum Gasteiger partial charge on any atom is -0.333 e. The molecule has 0 aliphatic carbocycles. The van der Waals surface area contributed by atoms with Crippen LogP contribution in [0, 0.1) is 0 Å². The molecule has 20 heavy (non-hydrogen) atoms. The van der Waals surface area contributed by atoms with Crippen LogP contribution >= 0.6 is 23.2 Å². The van der Waals surface area contributed by atoms with Crippen molar-refractivity contribution in [3.05, 3.63) is 28.0 Å². The molecule has 1 aromatic heterocycles. The van der Waals surface area contributed by atoms with E-state index in [4.69, 9.17) is 23.2 Å². The number of aromatic nitrogens is 1. The third kappa shape index (κ3) is 2.65. The van der Waals surface area contributed by atoms with Crippen LogP contribution in [0.5, 0.6) is 0 Å². The number of carbonyl (C=O) groups excluding carboxylic acids is 1. The van der Waals surface area contributed by atoms with Gasteiger partial charge in [0.15, 0.2) is 0 Å². The fourth-order valence-corrected chi connectivity index (χ4v) is 3.68. The average Bonchev–Trinajstić information content (AvgIpc) is 2.82. The molecule has 2 fully saturated rings. The van der Waals surface area contributed by atoms with E-state index in [-0.39, 0.29) is 22.3 Å². The normalized spacial score (nSPS) is 26.6. The van der Waals surface area contributed by atoms with Crippen molar-refractivity contribution in [3.63, 3.8) is 0 Å². The summed E-state index contributed by atoms with van der Waals surface area (Å²) in [5.41, 5.74) is 0.522. The minimum atomic E-state index is -0.00440. The van der Waals surface area contributed by atoms with E-state index in [9.17, 15) is 4.79 Å². The number of halogens is 2. The maximum absolute atomic E-state index is 12.7. The molecular formula is C14H17Cl2N3O. The van der Waals surface area contributed by atoms with E-state index < -0.39 is 0 Å². The molecule has 0 aromatic carbocycles. The van der Waals surface area contributed by atoms with Gasteiger partial charge < -0.3 is 4.90 Å². The summed E-state index contributed by atoms with van der Waals surface area (Å²) in [6.07, 6.45) is 2.40. The molecule has 1 aromatic rings. The maximum atomic E-state index is 12.7. The predicted molar refractivity (Wildman–Crippen MR) is 79.4 cm³/mol. The van der Waals surface area contributed by atoms with Gasteiger partial charge in [-0.1, -0.05) is 23.2 Å². The van der Waals surface area contributed by atoms with Crippen LogP contribution in [-0.2, 0) is 0 Å². The fraction of sp³-hybridized carbons (Fsp3) is 0.571. The molecule has 1 amide bonds. The molecule has 2 unspecified atom stereocenters. The number of pyridine rings is 1. The molecule has 2 atom stereocenters. The van der Waals surface area contributed by atoms with Gasteiger partial charge in [0.1, 0.15) is 10.3 Å². The number of hydrogen-bond donors (Lipinski definition) is 0. The van der Waals surface area contributed by atoms with Crippen LogP contribution in [-0.4, -0.2) is 52.4 Å². The quantitative estimate of drug-likeness (QED) is 0.748. The molecule has 0 bridgehead atoms. The number of fused-ring (bicyclic) bond motifs is 1. The third-order valence-corrected chi connectivity index (χ3v) is 4.60. The smallest absolute Gasteiger partial charge is 0.254 e. The molecule has 4 nitrogen and oxygen atoms in total. The Morgan fingerprint density at radius 1 is 1.30 bits per heavy atom. The molecule has 6 heteroatoms. The zero-order chi connectivity index (χ0) is 14.3. The number of amides is 1. The molecule has 2 aliphatic rings. The highest BCUT2D eigenvalue weighted by Crippen LogP contribution is 2.26. The van der Waals surface area contributed by atoms with Crippen LogP contribution in [0.1, 0.15) is 30.1 Å². The molecule has 0 saturated carbocycles. The minimum absolute atomic E-state index is 0.00440. The van der Waals surface area contributed by atoms with E-state index in [2.05, 4.69) is 16.8 Å². The standard InChI is InChI=1S/C14H17Cl2N3O/c1-9-7-18-4-2-3-11(18)8-19(9)14(20)10-5-12(15)17-13(16)6-10/h5-6,9,11H,2-4,7-8H2,1H3. The van der Waals surface area contributed by atoms with E-state index >= 15 is 0 Å². The highest BCUT2D eigenvalue weighted by Gasteiger charge is 2.36. The first-order valence-corrected chi connectivity index (χ1v) is 7.68. The molecule has 3 rings (SSSR count). The first-order chi connectivity index (χ1) is 9.54. The van der Waals surface area contributed by atoms with Crippen molar-refractivity contribution >= 4 is 29.1 Å². The van der Waals surface area contributed by atoms with Gasteiger partial charge in [-0.25, -0.2) is 4.98 Å². The van der Waals surface area contributed by atoms with Gasteiger partial charge in [0.2, 0.25) is 0 Å². The monoisotopic (exact) mass is 313 g/mol. The molecule has 2 aliphatic heterocycles. The summed E-state index contributed by atoms with van der Waals surface area (Å²) >= 11 is 11.8. The summed E-state index contributed by atoms with van der Waals surface area (Å²) in [6, 6.07) is 3.89. The van der Waals surface area contributed by atoms with Crippen molar-refractivity contribution in [1.29, 1.82) is 0 Å². The van der Waals surface area contributed by atoms with Gasteiger partial charge in [0.25, 0.3) is 5.91 Å². The lowest BCUT2D eigenvalue weighted by atomic mass is 10.1. The highest BCUT2D eigenvalue weighted by molar-refractivity contribution is 6.33. The summed E-state index contributed by atoms with van der Waals surface area (Å²) in [4.78, 5) is 21.0. The Morgan fingerprint density at radius 3 is 2.70 bits per heavy atom. The molecule has 108 valence electrons. The summed E-state index contributed by atoms with van der Waals surface area (Å²) in [5, 5.41) is 0.515. The van der Waals surface area contributed by atoms with E-state index in [1.807, 2.05) is 4.90 Å². The average molecular weight is 314 g/mol. The van der Waals surface area contributed by atoms with Gasteiger partial charge in [-0.15, -0.1) is 0 Å². The van der Waals surface area contributed by atoms with Gasteiger partial charge >= 0.3 is 0 Å². The number of hydrogen-bond acceptors (Lipinski definition) is 3. The van der Waals surface area contributed by atoms with Gasteiger partial charge in [-0.2, -0.15) is 0 Å². The van der Waals surface area contributed by atoms with Crippen molar-refractivity contribution in [2.45, 2.75) is 31.8 Å². The Labute approximate surface area is 128 Å². The van der Waals surface area contributed by atoms with Crippen molar-refractivity contribution in [3.8, 4) is 0 Å². The lowest BCUT2D eigenvalue weighted by Gasteiger charge is -2.42. The second-order valence-electron chi connectivity index (χ2n) is 5.60. The SMILES string of the molecule is CC1CN2CCCC2CN1C(=O)c1cc(Cl)nc(Cl)c1. The number of carbonyl (C=O) groups is 1. The van der Waals surface area contributed by atoms with Crippen LogP contribution in [0.2, 0.25) is 10.3 Å². The van der Waals surface area contributed by atoms with Crippen LogP contribution in [0.3, 0.4) is 0 Å². The van der Waals surface area contributed by atoms with E-state index in [0.29, 0.717) is 11.6 Å². The second kappa shape index (κ2) is 5.51. The third-order valence-electron chi connectivity index (χ3n) is 4.21. The Hall–Kier alpha value is -0.840. The van der Waals surface area contributed by atoms with Crippen molar-refractivity contribution in [2.24, 2.45) is 0 Å². The van der Waals surface area contributed by atoms with E-state index in [0.717, 1.165) is 19.6 Å². The summed E-state index contributed by atoms with van der Waals surface area (Å²) in [5.74, 6) is -0.00440. The van der Waals surface area contributed by atoms with Gasteiger partial charge in [-0.3, -0.25) is 9.69 Å². The van der Waals surface area contributed by atoms with Crippen LogP contribution < -0.4 is 0 Å². The number of piperazine rings is 1. The van der Waals surface area contributed by atoms with Crippen LogP contribution in [0.15, 0.2) is 12.1 Å². The predicted octanol–water partition coefficient (Wildman–Crippen LogP) is 2.70. The van der Waals surface area contributed by atoms with E-state index in [1.165, 1.54) is 12.8 Å². The summed E-state index contributed by atoms with van der Waals surface area (Å²) in [7, 11) is 0. The fourth-order valence-electron chi connectivity index (χ4n) is 3.22. The Balaban J connectivity index is 1.82. The lowest BCUT2D eigenvalue weighted by Crippen LogP contribution is -2.56. The molecule has 3 heterocycles. The first-order valence-electron chi connectivity index (χ1n) is 6.92. The zero-order valence-electron chi connectivity index (χ0n) is 11.4. The Bertz CT molecular complexity index is 517. The largest absolute Gasteiger partial charge is 0.333 e. The molecule has 0 N–H and O–H groups in total. The lowest BCUT2D eigenvalue weighted by molar-refractivity contribution is 0.0395. The van der Waals surface area contributed by atoms with Crippen molar-refractivity contribution in [1.82, 2.24) is 14.8 Å². The van der Waals surface area contributed by atoms with Crippen molar-refractivity contribution in [2.75, 3.05) is 19.6 Å². The van der Waals surface area contributed by atoms with Crippen molar-refractivity contribution < 1.29 is 4.79 Å². The zero-order valence-corrected chi connectivity index (χ0v) is 12.9. The van der Waals surface area contributed by atoms with E-state index in [1.54, 1.807) is 12.1 Å². The maximum Gasteiger partial charge on any atom is 0.254 e.